The summed E-state index contributed by atoms with van der Waals surface area (Å²) in [6.45, 7) is 3.63. The van der Waals surface area contributed by atoms with Gasteiger partial charge in [-0.2, -0.15) is 0 Å². The minimum atomic E-state index is -0.117. The number of fused-ring (bicyclic) bond motifs is 1. The lowest BCUT2D eigenvalue weighted by atomic mass is 10.0. The van der Waals surface area contributed by atoms with Crippen LogP contribution in [0.5, 0.6) is 0 Å². The van der Waals surface area contributed by atoms with E-state index in [1.54, 1.807) is 6.92 Å². The molecule has 0 fully saturated rings. The maximum Gasteiger partial charge on any atom is 0.0915 e. The zero-order valence-corrected chi connectivity index (χ0v) is 7.69. The Balaban J connectivity index is 2.56. The van der Waals surface area contributed by atoms with E-state index in [-0.39, 0.29) is 6.04 Å². The number of hydroxylamine groups is 2. The van der Waals surface area contributed by atoms with Crippen molar-refractivity contribution in [2.75, 3.05) is 0 Å². The second-order valence-corrected chi connectivity index (χ2v) is 3.22. The van der Waals surface area contributed by atoms with Gasteiger partial charge in [0.1, 0.15) is 0 Å². The molecule has 13 heavy (non-hydrogen) atoms. The Bertz CT molecular complexity index is 360. The normalized spacial score (nSPS) is 21.0. The molecule has 1 aromatic carbocycles. The van der Waals surface area contributed by atoms with E-state index in [1.165, 1.54) is 0 Å². The third-order valence-electron chi connectivity index (χ3n) is 2.34. The number of nitrogens with zero attached hydrogens (tertiary/aromatic N) is 2. The van der Waals surface area contributed by atoms with E-state index in [9.17, 15) is 5.21 Å². The second-order valence-electron chi connectivity index (χ2n) is 3.22. The van der Waals surface area contributed by atoms with E-state index in [0.717, 1.165) is 16.3 Å². The molecule has 0 saturated heterocycles. The van der Waals surface area contributed by atoms with E-state index in [0.29, 0.717) is 5.84 Å². The van der Waals surface area contributed by atoms with Crippen LogP contribution in [0.4, 0.5) is 5.69 Å². The van der Waals surface area contributed by atoms with Gasteiger partial charge >= 0.3 is 0 Å². The lowest BCUT2D eigenvalue weighted by Gasteiger charge is -2.40. The number of hydrogen-bond donors (Lipinski definition) is 0. The molecule has 0 saturated carbocycles. The van der Waals surface area contributed by atoms with Crippen LogP contribution < -0.4 is 0 Å². The van der Waals surface area contributed by atoms with Crippen LogP contribution in [-0.2, 0) is 0 Å². The fraction of sp³-hybridized carbons (Fsp3) is 0.300. The monoisotopic (exact) mass is 175 g/mol. The highest BCUT2D eigenvalue weighted by Crippen LogP contribution is 2.33. The third-order valence-corrected chi connectivity index (χ3v) is 2.34. The minimum Gasteiger partial charge on any atom is -0.757 e. The average molecular weight is 175 g/mol. The Kier molecular flexibility index (Phi) is 1.81. The zero-order chi connectivity index (χ0) is 9.42. The topological polar surface area (TPSA) is 38.7 Å². The molecule has 0 aromatic heterocycles. The SMILES string of the molecule is CC1=Nc2ccccc2C(C)N1[O-]. The van der Waals surface area contributed by atoms with Gasteiger partial charge < -0.3 is 10.3 Å². The molecule has 0 radical (unpaired) electrons. The second kappa shape index (κ2) is 2.85. The van der Waals surface area contributed by atoms with Gasteiger partial charge in [-0.05, 0) is 25.5 Å². The number of rotatable bonds is 0. The Morgan fingerprint density at radius 2 is 2.08 bits per heavy atom. The number of aliphatic imine (C=N–C) groups is 1. The van der Waals surface area contributed by atoms with Gasteiger partial charge in [0.2, 0.25) is 0 Å². The highest BCUT2D eigenvalue weighted by atomic mass is 16.5. The zero-order valence-electron chi connectivity index (χ0n) is 7.69. The molecular weight excluding hydrogens is 164 g/mol. The summed E-state index contributed by atoms with van der Waals surface area (Å²) in [7, 11) is 0. The Morgan fingerprint density at radius 1 is 1.38 bits per heavy atom. The summed E-state index contributed by atoms with van der Waals surface area (Å²) < 4.78 is 0. The maximum absolute atomic E-state index is 11.5. The molecule has 0 amide bonds. The number of hydrogen-bond acceptors (Lipinski definition) is 3. The molecule has 68 valence electrons. The fourth-order valence-electron chi connectivity index (χ4n) is 1.57. The highest BCUT2D eigenvalue weighted by Gasteiger charge is 2.16. The Hall–Kier alpha value is -1.35. The van der Waals surface area contributed by atoms with Crippen LogP contribution in [0.1, 0.15) is 25.5 Å². The van der Waals surface area contributed by atoms with E-state index >= 15 is 0 Å². The quantitative estimate of drug-likeness (QED) is 0.608. The molecule has 0 N–H and O–H groups in total. The van der Waals surface area contributed by atoms with Crippen LogP contribution in [0.15, 0.2) is 29.3 Å². The summed E-state index contributed by atoms with van der Waals surface area (Å²) in [5.74, 6) is 0.534. The molecule has 3 nitrogen and oxygen atoms in total. The largest absolute Gasteiger partial charge is 0.757 e. The molecular formula is C10H11N2O-. The third kappa shape index (κ3) is 1.21. The van der Waals surface area contributed by atoms with Crippen LogP contribution in [0, 0.1) is 5.21 Å². The van der Waals surface area contributed by atoms with E-state index < -0.39 is 0 Å². The first kappa shape index (κ1) is 8.26. The number of benzene rings is 1. The van der Waals surface area contributed by atoms with E-state index in [1.807, 2.05) is 31.2 Å². The van der Waals surface area contributed by atoms with Crippen molar-refractivity contribution in [3.05, 3.63) is 35.0 Å². The van der Waals surface area contributed by atoms with Crippen LogP contribution >= 0.6 is 0 Å². The molecule has 1 unspecified atom stereocenters. The molecule has 2 rings (SSSR count). The van der Waals surface area contributed by atoms with Gasteiger partial charge in [0, 0.05) is 6.04 Å². The van der Waals surface area contributed by atoms with Crippen molar-refractivity contribution in [3.8, 4) is 0 Å². The van der Waals surface area contributed by atoms with Crippen molar-refractivity contribution in [2.24, 2.45) is 4.99 Å². The fourth-order valence-corrected chi connectivity index (χ4v) is 1.57. The summed E-state index contributed by atoms with van der Waals surface area (Å²) in [4.78, 5) is 4.21. The van der Waals surface area contributed by atoms with Gasteiger partial charge in [-0.3, -0.25) is 0 Å². The summed E-state index contributed by atoms with van der Waals surface area (Å²) in [6, 6.07) is 7.62. The lowest BCUT2D eigenvalue weighted by Crippen LogP contribution is -2.28. The molecule has 3 heteroatoms. The van der Waals surface area contributed by atoms with Crippen molar-refractivity contribution in [2.45, 2.75) is 19.9 Å². The summed E-state index contributed by atoms with van der Waals surface area (Å²) in [5.41, 5.74) is 1.92. The number of para-hydroxylation sites is 1. The van der Waals surface area contributed by atoms with Crippen molar-refractivity contribution in [1.29, 1.82) is 0 Å². The summed E-state index contributed by atoms with van der Waals surface area (Å²) in [5, 5.41) is 12.4. The van der Waals surface area contributed by atoms with Crippen molar-refractivity contribution < 1.29 is 0 Å². The van der Waals surface area contributed by atoms with E-state index in [4.69, 9.17) is 0 Å². The minimum absolute atomic E-state index is 0.117. The van der Waals surface area contributed by atoms with Crippen LogP contribution in [0.3, 0.4) is 0 Å². The van der Waals surface area contributed by atoms with Crippen molar-refractivity contribution in [3.63, 3.8) is 0 Å². The van der Waals surface area contributed by atoms with Crippen molar-refractivity contribution >= 4 is 11.5 Å². The Labute approximate surface area is 77.3 Å². The van der Waals surface area contributed by atoms with Gasteiger partial charge in [-0.1, -0.05) is 18.2 Å². The van der Waals surface area contributed by atoms with Gasteiger partial charge in [-0.25, -0.2) is 4.99 Å². The molecule has 1 aliphatic heterocycles. The molecule has 0 aliphatic carbocycles. The highest BCUT2D eigenvalue weighted by molar-refractivity contribution is 5.85. The molecule has 0 bridgehead atoms. The van der Waals surface area contributed by atoms with Crippen molar-refractivity contribution in [1.82, 2.24) is 5.06 Å². The smallest absolute Gasteiger partial charge is 0.0915 e. The average Bonchev–Trinajstić information content (AvgIpc) is 2.15. The van der Waals surface area contributed by atoms with E-state index in [2.05, 4.69) is 4.99 Å². The lowest BCUT2D eigenvalue weighted by molar-refractivity contribution is 0.436. The standard InChI is InChI=1S/C10H11N2O/c1-7-9-5-3-4-6-10(9)11-8(2)12(7)13/h3-7H,1-2H3/q-1. The summed E-state index contributed by atoms with van der Waals surface area (Å²) >= 11 is 0. The van der Waals surface area contributed by atoms with Crippen LogP contribution in [0.2, 0.25) is 0 Å². The van der Waals surface area contributed by atoms with Gasteiger partial charge in [0.05, 0.1) is 11.5 Å². The van der Waals surface area contributed by atoms with Crippen LogP contribution in [0.25, 0.3) is 0 Å². The predicted octanol–water partition coefficient (Wildman–Crippen LogP) is 2.61. The molecule has 0 spiro atoms. The van der Waals surface area contributed by atoms with Gasteiger partial charge in [0.25, 0.3) is 0 Å². The Morgan fingerprint density at radius 3 is 2.85 bits per heavy atom. The first-order valence-electron chi connectivity index (χ1n) is 4.30. The molecule has 1 heterocycles. The molecule has 1 atom stereocenters. The van der Waals surface area contributed by atoms with Gasteiger partial charge in [-0.15, -0.1) is 0 Å². The molecule has 1 aromatic rings. The maximum atomic E-state index is 11.5. The first-order chi connectivity index (χ1) is 6.20. The first-order valence-corrected chi connectivity index (χ1v) is 4.30. The summed E-state index contributed by atoms with van der Waals surface area (Å²) in [6.07, 6.45) is 0. The van der Waals surface area contributed by atoms with Gasteiger partial charge in [0.15, 0.2) is 0 Å². The number of amidine groups is 1. The predicted molar refractivity (Wildman–Crippen MR) is 52.8 cm³/mol. The molecule has 1 aliphatic rings. The van der Waals surface area contributed by atoms with Crippen LogP contribution in [-0.4, -0.2) is 10.9 Å².